The van der Waals surface area contributed by atoms with E-state index >= 15 is 0 Å². The van der Waals surface area contributed by atoms with E-state index in [1.807, 2.05) is 0 Å². The van der Waals surface area contributed by atoms with E-state index < -0.39 is 7.14 Å². The lowest BCUT2D eigenvalue weighted by Crippen LogP contribution is -1.88. The summed E-state index contributed by atoms with van der Waals surface area (Å²) >= 11 is 0. The predicted octanol–water partition coefficient (Wildman–Crippen LogP) is 1.51. The lowest BCUT2D eigenvalue weighted by atomic mass is 10.4. The minimum Gasteiger partial charge on any atom is -0.0432 e. The Morgan fingerprint density at radius 2 is 1.71 bits per heavy atom. The van der Waals surface area contributed by atoms with Gasteiger partial charge in [0.15, 0.2) is 0 Å². The Kier molecular flexibility index (Phi) is 1.43. The van der Waals surface area contributed by atoms with Crippen LogP contribution in [-0.4, -0.2) is 26.6 Å². The predicted molar refractivity (Wildman–Crippen MR) is 37.6 cm³/mol. The van der Waals surface area contributed by atoms with Crippen molar-refractivity contribution in [3.8, 4) is 0 Å². The Bertz CT molecular complexity index is 62.5. The molecule has 0 nitrogen and oxygen atoms in total. The first-order valence-corrected chi connectivity index (χ1v) is 5.51. The third-order valence-corrected chi connectivity index (χ3v) is 4.26. The van der Waals surface area contributed by atoms with Crippen LogP contribution in [0.4, 0.5) is 0 Å². The zero-order valence-corrected chi connectivity index (χ0v) is 5.75. The maximum Gasteiger partial charge on any atom is 0.364 e. The summed E-state index contributed by atoms with van der Waals surface area (Å²) in [5.74, 6) is 0. The zero-order chi connectivity index (χ0) is 5.33. The summed E-state index contributed by atoms with van der Waals surface area (Å²) in [5, 5.41) is 0. The van der Waals surface area contributed by atoms with Crippen LogP contribution in [-0.2, 0) is 0 Å². The molecule has 0 aliphatic carbocycles. The average molecular weight is 113 g/mol. The molecule has 1 fully saturated rings. The minimum absolute atomic E-state index is 0.793. The molecule has 1 heterocycles. The first-order chi connectivity index (χ1) is 3.21. The monoisotopic (exact) mass is 113 g/mol. The second-order valence-electron chi connectivity index (χ2n) is 2.63. The first kappa shape index (κ1) is 5.63. The highest BCUT2D eigenvalue weighted by molar-refractivity contribution is 7.97. The highest BCUT2D eigenvalue weighted by Gasteiger charge is 2.29. The molecule has 0 spiro atoms. The van der Waals surface area contributed by atoms with Crippen LogP contribution in [0.25, 0.3) is 0 Å². The summed E-state index contributed by atoms with van der Waals surface area (Å²) in [6.45, 7) is 2.25. The topological polar surface area (TPSA) is 0 Å². The van der Waals surface area contributed by atoms with Crippen molar-refractivity contribution >= 4 is 14.7 Å². The fourth-order valence-corrected chi connectivity index (χ4v) is 3.17. The van der Waals surface area contributed by atoms with Crippen molar-refractivity contribution in [3.63, 3.8) is 0 Å². The van der Waals surface area contributed by atoms with Gasteiger partial charge in [0.25, 0.3) is 0 Å². The molecule has 1 aliphatic rings. The molecule has 0 aromatic heterocycles. The van der Waals surface area contributed by atoms with E-state index in [1.54, 1.807) is 0 Å². The van der Waals surface area contributed by atoms with Gasteiger partial charge in [-0.1, -0.05) is 0 Å². The van der Waals surface area contributed by atoms with Crippen LogP contribution in [0.5, 0.6) is 0 Å². The molecule has 0 atom stereocenters. The second-order valence-corrected chi connectivity index (χ2v) is 6.49. The Hall–Kier alpha value is 0.495. The Morgan fingerprint density at radius 1 is 1.29 bits per heavy atom. The summed E-state index contributed by atoms with van der Waals surface area (Å²) in [5.41, 5.74) is 0. The van der Waals surface area contributed by atoms with E-state index in [0.29, 0.717) is 0 Å². The summed E-state index contributed by atoms with van der Waals surface area (Å²) in [6, 6.07) is 0. The fraction of sp³-hybridized carbons (Fsp3) is 1.00. The van der Waals surface area contributed by atoms with Gasteiger partial charge in [0, 0.05) is 19.0 Å². The van der Waals surface area contributed by atoms with E-state index in [4.69, 9.17) is 7.57 Å². The number of hydrogen-bond acceptors (Lipinski definition) is 0. The summed E-state index contributed by atoms with van der Waals surface area (Å²) in [7, 11) is 5.10. The SMILES string of the molecule is [B][P+]1(C)CCCC1. The largest absolute Gasteiger partial charge is 0.364 e. The third-order valence-electron chi connectivity index (χ3n) is 1.59. The van der Waals surface area contributed by atoms with Gasteiger partial charge in [0.1, 0.15) is 0 Å². The highest BCUT2D eigenvalue weighted by atomic mass is 31.2. The molecule has 1 aliphatic heterocycles. The number of rotatable bonds is 0. The molecule has 7 heavy (non-hydrogen) atoms. The smallest absolute Gasteiger partial charge is 0.0432 e. The molecule has 0 amide bonds. The van der Waals surface area contributed by atoms with Gasteiger partial charge in [-0.3, -0.25) is 0 Å². The van der Waals surface area contributed by atoms with E-state index in [9.17, 15) is 0 Å². The summed E-state index contributed by atoms with van der Waals surface area (Å²) < 4.78 is 0. The van der Waals surface area contributed by atoms with Crippen LogP contribution in [0.3, 0.4) is 0 Å². The van der Waals surface area contributed by atoms with Crippen LogP contribution in [0.1, 0.15) is 12.8 Å². The molecule has 0 aromatic carbocycles. The molecule has 2 heteroatoms. The third kappa shape index (κ3) is 1.46. The van der Waals surface area contributed by atoms with E-state index in [-0.39, 0.29) is 0 Å². The fourth-order valence-electron chi connectivity index (χ4n) is 1.06. The molecule has 0 N–H and O–H groups in total. The van der Waals surface area contributed by atoms with Gasteiger partial charge in [-0.2, -0.15) is 0 Å². The quantitative estimate of drug-likeness (QED) is 0.330. The normalized spacial score (nSPS) is 28.1. The van der Waals surface area contributed by atoms with Crippen molar-refractivity contribution in [2.24, 2.45) is 0 Å². The molecular weight excluding hydrogens is 102 g/mol. The molecule has 0 saturated carbocycles. The zero-order valence-electron chi connectivity index (χ0n) is 4.85. The molecule has 1 saturated heterocycles. The highest BCUT2D eigenvalue weighted by Crippen LogP contribution is 2.55. The Balaban J connectivity index is 2.40. The van der Waals surface area contributed by atoms with Crippen LogP contribution in [0, 0.1) is 0 Å². The van der Waals surface area contributed by atoms with Crippen molar-refractivity contribution in [3.05, 3.63) is 0 Å². The van der Waals surface area contributed by atoms with Gasteiger partial charge in [0.05, 0.1) is 0 Å². The van der Waals surface area contributed by atoms with E-state index in [1.165, 1.54) is 25.2 Å². The maximum absolute atomic E-state index is 5.89. The standard InChI is InChI=1S/C5H11BP/c1-7(6)4-2-3-5-7/h2-5H2,1H3/q+1. The van der Waals surface area contributed by atoms with Crippen molar-refractivity contribution < 1.29 is 0 Å². The van der Waals surface area contributed by atoms with Crippen molar-refractivity contribution in [2.75, 3.05) is 19.0 Å². The van der Waals surface area contributed by atoms with Gasteiger partial charge < -0.3 is 0 Å². The molecule has 0 unspecified atom stereocenters. The van der Waals surface area contributed by atoms with Crippen molar-refractivity contribution in [1.82, 2.24) is 0 Å². The van der Waals surface area contributed by atoms with Crippen molar-refractivity contribution in [2.45, 2.75) is 12.8 Å². The maximum atomic E-state index is 5.89. The van der Waals surface area contributed by atoms with Crippen LogP contribution in [0.15, 0.2) is 0 Å². The average Bonchev–Trinajstić information content (AvgIpc) is 1.84. The lowest BCUT2D eigenvalue weighted by Gasteiger charge is -2.06. The van der Waals surface area contributed by atoms with E-state index in [0.717, 1.165) is 0 Å². The van der Waals surface area contributed by atoms with Gasteiger partial charge in [-0.05, 0) is 20.0 Å². The molecular formula is C5H11BP+. The Morgan fingerprint density at radius 3 is 1.86 bits per heavy atom. The number of hydrogen-bond donors (Lipinski definition) is 0. The van der Waals surface area contributed by atoms with Gasteiger partial charge in [0.2, 0.25) is 0 Å². The van der Waals surface area contributed by atoms with Crippen LogP contribution >= 0.6 is 7.14 Å². The van der Waals surface area contributed by atoms with Gasteiger partial charge in [-0.15, -0.1) is 0 Å². The van der Waals surface area contributed by atoms with Gasteiger partial charge in [-0.25, -0.2) is 0 Å². The molecule has 1 rings (SSSR count). The van der Waals surface area contributed by atoms with Crippen molar-refractivity contribution in [1.29, 1.82) is 0 Å². The molecule has 38 valence electrons. The van der Waals surface area contributed by atoms with Crippen LogP contribution in [0.2, 0.25) is 0 Å². The molecule has 0 aromatic rings. The van der Waals surface area contributed by atoms with Gasteiger partial charge >= 0.3 is 7.57 Å². The lowest BCUT2D eigenvalue weighted by molar-refractivity contribution is 0.949. The molecule has 0 bridgehead atoms. The summed E-state index contributed by atoms with van der Waals surface area (Å²) in [6.07, 6.45) is 5.46. The van der Waals surface area contributed by atoms with Crippen LogP contribution < -0.4 is 0 Å². The first-order valence-electron chi connectivity index (χ1n) is 2.84. The van der Waals surface area contributed by atoms with E-state index in [2.05, 4.69) is 6.66 Å². The second kappa shape index (κ2) is 1.78. The summed E-state index contributed by atoms with van der Waals surface area (Å²) in [4.78, 5) is 0. The minimum atomic E-state index is -0.793. The Labute approximate surface area is 47.4 Å². The molecule has 2 radical (unpaired) electrons.